The van der Waals surface area contributed by atoms with Crippen LogP contribution in [0, 0.1) is 6.92 Å². The van der Waals surface area contributed by atoms with E-state index >= 15 is 0 Å². The van der Waals surface area contributed by atoms with Gasteiger partial charge in [-0.25, -0.2) is 4.98 Å². The highest BCUT2D eigenvalue weighted by Gasteiger charge is 2.10. The van der Waals surface area contributed by atoms with Crippen molar-refractivity contribution in [3.8, 4) is 11.5 Å². The second kappa shape index (κ2) is 5.64. The number of hydrogen-bond acceptors (Lipinski definition) is 7. The average Bonchev–Trinajstić information content (AvgIpc) is 3.05. The SMILES string of the molecule is Cc1cccc(-c2nc(CSc3cnc(N)s3)no2)c1. The van der Waals surface area contributed by atoms with Crippen molar-refractivity contribution in [2.45, 2.75) is 16.9 Å². The van der Waals surface area contributed by atoms with Gasteiger partial charge in [0.25, 0.3) is 5.89 Å². The first-order valence-corrected chi connectivity index (χ1v) is 7.74. The molecule has 0 unspecified atom stereocenters. The number of nitrogens with two attached hydrogens (primary N) is 1. The Morgan fingerprint density at radius 3 is 3.05 bits per heavy atom. The number of hydrogen-bond donors (Lipinski definition) is 1. The van der Waals surface area contributed by atoms with Gasteiger partial charge in [-0.05, 0) is 19.1 Å². The van der Waals surface area contributed by atoms with Crippen molar-refractivity contribution in [2.24, 2.45) is 0 Å². The first kappa shape index (κ1) is 13.1. The molecule has 3 rings (SSSR count). The average molecular weight is 304 g/mol. The van der Waals surface area contributed by atoms with Crippen LogP contribution in [0.3, 0.4) is 0 Å². The zero-order valence-corrected chi connectivity index (χ0v) is 12.4. The van der Waals surface area contributed by atoms with Gasteiger partial charge in [-0.15, -0.1) is 11.8 Å². The Bertz CT molecular complexity index is 722. The number of thiazole rings is 1. The van der Waals surface area contributed by atoms with E-state index in [9.17, 15) is 0 Å². The van der Waals surface area contributed by atoms with Crippen LogP contribution in [0.2, 0.25) is 0 Å². The van der Waals surface area contributed by atoms with Crippen LogP contribution in [0.1, 0.15) is 11.4 Å². The Balaban J connectivity index is 1.70. The van der Waals surface area contributed by atoms with Gasteiger partial charge in [-0.3, -0.25) is 0 Å². The molecular formula is C13H12N4OS2. The minimum Gasteiger partial charge on any atom is -0.375 e. The van der Waals surface area contributed by atoms with Crippen LogP contribution in [-0.4, -0.2) is 15.1 Å². The highest BCUT2D eigenvalue weighted by atomic mass is 32.2. The zero-order chi connectivity index (χ0) is 13.9. The maximum Gasteiger partial charge on any atom is 0.257 e. The molecule has 0 fully saturated rings. The molecule has 0 aliphatic carbocycles. The summed E-state index contributed by atoms with van der Waals surface area (Å²) in [6.07, 6.45) is 1.76. The summed E-state index contributed by atoms with van der Waals surface area (Å²) in [7, 11) is 0. The van der Waals surface area contributed by atoms with E-state index in [1.54, 1.807) is 18.0 Å². The Labute approximate surface area is 124 Å². The van der Waals surface area contributed by atoms with E-state index in [0.717, 1.165) is 15.3 Å². The van der Waals surface area contributed by atoms with Crippen molar-refractivity contribution >= 4 is 28.2 Å². The standard InChI is InChI=1S/C13H12N4OS2/c1-8-3-2-4-9(5-8)12-16-10(17-18-12)7-19-11-6-15-13(14)20-11/h2-6H,7H2,1H3,(H2,14,15). The summed E-state index contributed by atoms with van der Waals surface area (Å²) >= 11 is 3.05. The fraction of sp³-hybridized carbons (Fsp3) is 0.154. The molecular weight excluding hydrogens is 292 g/mol. The molecule has 2 aromatic heterocycles. The molecule has 0 atom stereocenters. The van der Waals surface area contributed by atoms with Gasteiger partial charge >= 0.3 is 0 Å². The van der Waals surface area contributed by atoms with E-state index in [1.165, 1.54) is 11.3 Å². The zero-order valence-electron chi connectivity index (χ0n) is 10.7. The van der Waals surface area contributed by atoms with Gasteiger partial charge in [-0.2, -0.15) is 4.98 Å². The van der Waals surface area contributed by atoms with Gasteiger partial charge in [-0.1, -0.05) is 34.2 Å². The van der Waals surface area contributed by atoms with Crippen molar-refractivity contribution in [3.05, 3.63) is 41.9 Å². The van der Waals surface area contributed by atoms with E-state index in [4.69, 9.17) is 10.3 Å². The number of benzene rings is 1. The summed E-state index contributed by atoms with van der Waals surface area (Å²) in [5.41, 5.74) is 7.69. The number of aromatic nitrogens is 3. The molecule has 0 saturated heterocycles. The van der Waals surface area contributed by atoms with Crippen LogP contribution in [0.15, 0.2) is 39.2 Å². The van der Waals surface area contributed by atoms with Crippen LogP contribution in [-0.2, 0) is 5.75 Å². The lowest BCUT2D eigenvalue weighted by Gasteiger charge is -1.95. The maximum absolute atomic E-state index is 5.59. The third-order valence-electron chi connectivity index (χ3n) is 2.58. The summed E-state index contributed by atoms with van der Waals surface area (Å²) in [6.45, 7) is 2.03. The van der Waals surface area contributed by atoms with Crippen LogP contribution in [0.25, 0.3) is 11.5 Å². The van der Waals surface area contributed by atoms with Crippen molar-refractivity contribution in [3.63, 3.8) is 0 Å². The van der Waals surface area contributed by atoms with E-state index in [1.807, 2.05) is 31.2 Å². The summed E-state index contributed by atoms with van der Waals surface area (Å²) in [5.74, 6) is 1.85. The predicted octanol–water partition coefficient (Wildman–Crippen LogP) is 3.38. The Kier molecular flexibility index (Phi) is 3.70. The monoisotopic (exact) mass is 304 g/mol. The minimum absolute atomic E-state index is 0.549. The molecule has 7 heteroatoms. The summed E-state index contributed by atoms with van der Waals surface area (Å²) in [5, 5.41) is 4.56. The summed E-state index contributed by atoms with van der Waals surface area (Å²) < 4.78 is 6.33. The third-order valence-corrected chi connectivity index (χ3v) is 4.60. The van der Waals surface area contributed by atoms with E-state index in [2.05, 4.69) is 15.1 Å². The maximum atomic E-state index is 5.59. The fourth-order valence-electron chi connectivity index (χ4n) is 1.68. The van der Waals surface area contributed by atoms with Crippen LogP contribution < -0.4 is 5.73 Å². The molecule has 0 amide bonds. The molecule has 5 nitrogen and oxygen atoms in total. The fourth-order valence-corrected chi connectivity index (χ4v) is 3.28. The summed E-state index contributed by atoms with van der Waals surface area (Å²) in [4.78, 5) is 8.40. The van der Waals surface area contributed by atoms with Gasteiger partial charge in [0.05, 0.1) is 16.2 Å². The Morgan fingerprint density at radius 1 is 1.40 bits per heavy atom. The van der Waals surface area contributed by atoms with Crippen LogP contribution in [0.4, 0.5) is 5.13 Å². The summed E-state index contributed by atoms with van der Waals surface area (Å²) in [6, 6.07) is 7.99. The van der Waals surface area contributed by atoms with Gasteiger partial charge in [0.2, 0.25) is 0 Å². The number of nitrogen functional groups attached to an aromatic ring is 1. The van der Waals surface area contributed by atoms with Gasteiger partial charge < -0.3 is 10.3 Å². The minimum atomic E-state index is 0.549. The van der Waals surface area contributed by atoms with Crippen molar-refractivity contribution in [1.82, 2.24) is 15.1 Å². The van der Waals surface area contributed by atoms with E-state index < -0.39 is 0 Å². The van der Waals surface area contributed by atoms with Gasteiger partial charge in [0.15, 0.2) is 11.0 Å². The number of thioether (sulfide) groups is 1. The lowest BCUT2D eigenvalue weighted by Crippen LogP contribution is -1.83. The number of rotatable bonds is 4. The van der Waals surface area contributed by atoms with Crippen molar-refractivity contribution in [1.29, 1.82) is 0 Å². The third kappa shape index (κ3) is 3.00. The van der Waals surface area contributed by atoms with Crippen molar-refractivity contribution in [2.75, 3.05) is 5.73 Å². The second-order valence-corrected chi connectivity index (χ2v) is 6.53. The molecule has 0 aliphatic rings. The highest BCUT2D eigenvalue weighted by molar-refractivity contribution is 8.00. The van der Waals surface area contributed by atoms with E-state index in [0.29, 0.717) is 22.6 Å². The Hall–Kier alpha value is -1.86. The molecule has 0 bridgehead atoms. The van der Waals surface area contributed by atoms with Crippen LogP contribution in [0.5, 0.6) is 0 Å². The normalized spacial score (nSPS) is 10.8. The number of nitrogens with zero attached hydrogens (tertiary/aromatic N) is 3. The molecule has 20 heavy (non-hydrogen) atoms. The molecule has 2 N–H and O–H groups in total. The first-order valence-electron chi connectivity index (χ1n) is 5.94. The lowest BCUT2D eigenvalue weighted by atomic mass is 10.1. The highest BCUT2D eigenvalue weighted by Crippen LogP contribution is 2.29. The smallest absolute Gasteiger partial charge is 0.257 e. The molecule has 1 aromatic carbocycles. The Morgan fingerprint density at radius 2 is 2.30 bits per heavy atom. The number of aryl methyl sites for hydroxylation is 1. The predicted molar refractivity (Wildman–Crippen MR) is 80.6 cm³/mol. The quantitative estimate of drug-likeness (QED) is 0.744. The first-order chi connectivity index (χ1) is 9.70. The van der Waals surface area contributed by atoms with Crippen molar-refractivity contribution < 1.29 is 4.52 Å². The topological polar surface area (TPSA) is 77.8 Å². The van der Waals surface area contributed by atoms with E-state index in [-0.39, 0.29) is 0 Å². The molecule has 0 aliphatic heterocycles. The number of anilines is 1. The van der Waals surface area contributed by atoms with Gasteiger partial charge in [0.1, 0.15) is 0 Å². The molecule has 2 heterocycles. The lowest BCUT2D eigenvalue weighted by molar-refractivity contribution is 0.425. The largest absolute Gasteiger partial charge is 0.375 e. The second-order valence-electron chi connectivity index (χ2n) is 4.19. The molecule has 102 valence electrons. The molecule has 3 aromatic rings. The molecule has 0 radical (unpaired) electrons. The van der Waals surface area contributed by atoms with Gasteiger partial charge in [0, 0.05) is 5.56 Å². The van der Waals surface area contributed by atoms with Crippen LogP contribution >= 0.6 is 23.1 Å². The molecule has 0 saturated carbocycles. The molecule has 0 spiro atoms.